The van der Waals surface area contributed by atoms with Gasteiger partial charge in [0.2, 0.25) is 0 Å². The van der Waals surface area contributed by atoms with E-state index in [1.807, 2.05) is 0 Å². The molecule has 2 unspecified atom stereocenters. The third-order valence-corrected chi connectivity index (χ3v) is 4.46. The summed E-state index contributed by atoms with van der Waals surface area (Å²) < 4.78 is 0. The Kier molecular flexibility index (Phi) is 6.09. The van der Waals surface area contributed by atoms with Crippen LogP contribution >= 0.6 is 0 Å². The summed E-state index contributed by atoms with van der Waals surface area (Å²) in [6.07, 6.45) is 3.74. The van der Waals surface area contributed by atoms with Crippen molar-refractivity contribution in [1.29, 1.82) is 0 Å². The topological polar surface area (TPSA) is 32.5 Å². The zero-order valence-electron chi connectivity index (χ0n) is 13.1. The number of rotatable bonds is 7. The second-order valence-electron chi connectivity index (χ2n) is 7.07. The van der Waals surface area contributed by atoms with Crippen LogP contribution in [-0.4, -0.2) is 56.1 Å². The first-order chi connectivity index (χ1) is 8.35. The van der Waals surface area contributed by atoms with Gasteiger partial charge in [0.1, 0.15) is 0 Å². The van der Waals surface area contributed by atoms with Crippen LogP contribution in [0.4, 0.5) is 0 Å². The second kappa shape index (κ2) is 6.88. The molecule has 0 amide bonds. The van der Waals surface area contributed by atoms with Gasteiger partial charge in [-0.05, 0) is 57.8 Å². The molecule has 0 aromatic carbocycles. The van der Waals surface area contributed by atoms with Crippen molar-refractivity contribution in [3.05, 3.63) is 0 Å². The van der Waals surface area contributed by atoms with Gasteiger partial charge in [-0.2, -0.15) is 0 Å². The third-order valence-electron chi connectivity index (χ3n) is 4.46. The molecule has 2 atom stereocenters. The molecule has 0 aromatic rings. The van der Waals surface area contributed by atoms with E-state index in [4.69, 9.17) is 5.73 Å². The van der Waals surface area contributed by atoms with E-state index in [1.165, 1.54) is 32.5 Å². The van der Waals surface area contributed by atoms with Crippen molar-refractivity contribution in [2.24, 2.45) is 17.1 Å². The van der Waals surface area contributed by atoms with Crippen LogP contribution in [0.5, 0.6) is 0 Å². The van der Waals surface area contributed by atoms with E-state index in [-0.39, 0.29) is 0 Å². The summed E-state index contributed by atoms with van der Waals surface area (Å²) in [7, 11) is 4.41. The maximum absolute atomic E-state index is 5.66. The number of nitrogens with zero attached hydrogens (tertiary/aromatic N) is 2. The first kappa shape index (κ1) is 15.9. The van der Waals surface area contributed by atoms with Gasteiger partial charge >= 0.3 is 0 Å². The Hall–Kier alpha value is -0.120. The van der Waals surface area contributed by atoms with Gasteiger partial charge in [0.05, 0.1) is 0 Å². The molecule has 3 nitrogen and oxygen atoms in total. The molecule has 1 rings (SSSR count). The fourth-order valence-corrected chi connectivity index (χ4v) is 3.20. The molecular weight excluding hydrogens is 222 g/mol. The quantitative estimate of drug-likeness (QED) is 0.755. The molecule has 18 heavy (non-hydrogen) atoms. The van der Waals surface area contributed by atoms with Gasteiger partial charge in [0, 0.05) is 19.1 Å². The first-order valence-corrected chi connectivity index (χ1v) is 7.44. The van der Waals surface area contributed by atoms with Crippen molar-refractivity contribution in [1.82, 2.24) is 9.80 Å². The van der Waals surface area contributed by atoms with E-state index in [1.54, 1.807) is 0 Å². The molecule has 1 saturated heterocycles. The lowest BCUT2D eigenvalue weighted by molar-refractivity contribution is 0.239. The van der Waals surface area contributed by atoms with Gasteiger partial charge in [-0.25, -0.2) is 0 Å². The molecule has 0 radical (unpaired) electrons. The van der Waals surface area contributed by atoms with E-state index in [9.17, 15) is 0 Å². The Labute approximate surface area is 114 Å². The Bertz CT molecular complexity index is 238. The Morgan fingerprint density at radius 3 is 2.39 bits per heavy atom. The second-order valence-corrected chi connectivity index (χ2v) is 7.07. The number of nitrogens with two attached hydrogens (primary N) is 1. The van der Waals surface area contributed by atoms with Crippen LogP contribution < -0.4 is 5.73 Å². The molecule has 1 aliphatic heterocycles. The van der Waals surface area contributed by atoms with Crippen LogP contribution in [0.25, 0.3) is 0 Å². The van der Waals surface area contributed by atoms with Crippen LogP contribution in [0.1, 0.15) is 40.0 Å². The van der Waals surface area contributed by atoms with Crippen molar-refractivity contribution < 1.29 is 0 Å². The van der Waals surface area contributed by atoms with Gasteiger partial charge in [-0.1, -0.05) is 20.8 Å². The maximum atomic E-state index is 5.66. The normalized spacial score (nSPS) is 26.2. The highest BCUT2D eigenvalue weighted by molar-refractivity contribution is 4.86. The van der Waals surface area contributed by atoms with E-state index in [0.717, 1.165) is 24.9 Å². The van der Waals surface area contributed by atoms with E-state index in [0.29, 0.717) is 5.41 Å². The van der Waals surface area contributed by atoms with Gasteiger partial charge in [0.15, 0.2) is 0 Å². The minimum absolute atomic E-state index is 0.418. The lowest BCUT2D eigenvalue weighted by Crippen LogP contribution is -2.34. The largest absolute Gasteiger partial charge is 0.330 e. The van der Waals surface area contributed by atoms with Crippen molar-refractivity contribution in [3.63, 3.8) is 0 Å². The summed E-state index contributed by atoms with van der Waals surface area (Å²) in [6, 6.07) is 0.738. The molecule has 0 aliphatic carbocycles. The molecular formula is C15H33N3. The molecule has 3 heteroatoms. The molecule has 0 saturated carbocycles. The van der Waals surface area contributed by atoms with E-state index < -0.39 is 0 Å². The minimum Gasteiger partial charge on any atom is -0.330 e. The summed E-state index contributed by atoms with van der Waals surface area (Å²) in [5, 5.41) is 0. The number of hydrogen-bond donors (Lipinski definition) is 1. The highest BCUT2D eigenvalue weighted by Crippen LogP contribution is 2.27. The van der Waals surface area contributed by atoms with Crippen molar-refractivity contribution in [2.75, 3.05) is 40.3 Å². The third kappa shape index (κ3) is 4.87. The SMILES string of the molecule is CC1CN(CCCC(C)(C)CCN)CC1N(C)C. The van der Waals surface area contributed by atoms with Crippen molar-refractivity contribution in [3.8, 4) is 0 Å². The Balaban J connectivity index is 2.25. The van der Waals surface area contributed by atoms with Gasteiger partial charge < -0.3 is 15.5 Å². The molecule has 1 fully saturated rings. The van der Waals surface area contributed by atoms with Crippen LogP contribution in [-0.2, 0) is 0 Å². The first-order valence-electron chi connectivity index (χ1n) is 7.44. The standard InChI is InChI=1S/C15H33N3/c1-13-11-18(12-14(13)17(4)5)10-6-7-15(2,3)8-9-16/h13-14H,6-12,16H2,1-5H3. The molecule has 2 N–H and O–H groups in total. The van der Waals surface area contributed by atoms with Crippen LogP contribution in [0.3, 0.4) is 0 Å². The number of likely N-dealkylation sites (N-methyl/N-ethyl adjacent to an activating group) is 1. The van der Waals surface area contributed by atoms with E-state index in [2.05, 4.69) is 44.7 Å². The zero-order valence-corrected chi connectivity index (χ0v) is 13.1. The number of hydrogen-bond acceptors (Lipinski definition) is 3. The van der Waals surface area contributed by atoms with Crippen LogP contribution in [0.15, 0.2) is 0 Å². The summed E-state index contributed by atoms with van der Waals surface area (Å²) in [5.74, 6) is 0.803. The molecule has 0 spiro atoms. The molecule has 0 bridgehead atoms. The maximum Gasteiger partial charge on any atom is 0.0254 e. The summed E-state index contributed by atoms with van der Waals surface area (Å²) >= 11 is 0. The lowest BCUT2D eigenvalue weighted by Gasteiger charge is -2.25. The zero-order chi connectivity index (χ0) is 13.8. The predicted molar refractivity (Wildman–Crippen MR) is 79.8 cm³/mol. The van der Waals surface area contributed by atoms with Gasteiger partial charge in [0.25, 0.3) is 0 Å². The molecule has 108 valence electrons. The van der Waals surface area contributed by atoms with Gasteiger partial charge in [-0.3, -0.25) is 0 Å². The molecule has 1 heterocycles. The fourth-order valence-electron chi connectivity index (χ4n) is 3.20. The average molecular weight is 255 g/mol. The Morgan fingerprint density at radius 2 is 1.89 bits per heavy atom. The summed E-state index contributed by atoms with van der Waals surface area (Å²) in [5.41, 5.74) is 6.08. The lowest BCUT2D eigenvalue weighted by atomic mass is 9.84. The van der Waals surface area contributed by atoms with Crippen LogP contribution in [0, 0.1) is 11.3 Å². The highest BCUT2D eigenvalue weighted by Gasteiger charge is 2.30. The molecule has 0 aromatic heterocycles. The smallest absolute Gasteiger partial charge is 0.0254 e. The predicted octanol–water partition coefficient (Wildman–Crippen LogP) is 2.02. The number of likely N-dealkylation sites (tertiary alicyclic amines) is 1. The minimum atomic E-state index is 0.418. The molecule has 1 aliphatic rings. The monoisotopic (exact) mass is 255 g/mol. The van der Waals surface area contributed by atoms with Crippen molar-refractivity contribution >= 4 is 0 Å². The highest BCUT2D eigenvalue weighted by atomic mass is 15.2. The Morgan fingerprint density at radius 1 is 1.22 bits per heavy atom. The fraction of sp³-hybridized carbons (Fsp3) is 1.00. The average Bonchev–Trinajstić information content (AvgIpc) is 2.59. The summed E-state index contributed by atoms with van der Waals surface area (Å²) in [4.78, 5) is 5.01. The van der Waals surface area contributed by atoms with Gasteiger partial charge in [-0.15, -0.1) is 0 Å². The van der Waals surface area contributed by atoms with E-state index >= 15 is 0 Å². The summed E-state index contributed by atoms with van der Waals surface area (Å²) in [6.45, 7) is 11.6. The van der Waals surface area contributed by atoms with Crippen molar-refractivity contribution in [2.45, 2.75) is 46.1 Å². The van der Waals surface area contributed by atoms with Crippen LogP contribution in [0.2, 0.25) is 0 Å².